The molecule has 2 saturated heterocycles. The van der Waals surface area contributed by atoms with Crippen LogP contribution >= 0.6 is 0 Å². The highest BCUT2D eigenvalue weighted by molar-refractivity contribution is 5.93. The molecule has 0 radical (unpaired) electrons. The van der Waals surface area contributed by atoms with Crippen molar-refractivity contribution >= 4 is 47.7 Å². The number of benzene rings is 6. The highest BCUT2D eigenvalue weighted by atomic mass is 16.6. The number of nitrogens with zero attached hydrogens (tertiary/aromatic N) is 10. The molecule has 26 nitrogen and oxygen atoms in total. The van der Waals surface area contributed by atoms with Crippen molar-refractivity contribution in [3.8, 4) is 45.9 Å². The van der Waals surface area contributed by atoms with Gasteiger partial charge in [-0.2, -0.15) is 0 Å². The van der Waals surface area contributed by atoms with E-state index >= 15 is 0 Å². The molecule has 6 amide bonds. The number of hydrogen-bond donors (Lipinski definition) is 6. The largest absolute Gasteiger partial charge is 0.449 e. The number of hydrogen-bond acceptors (Lipinski definition) is 18. The Morgan fingerprint density at radius 2 is 0.824 bits per heavy atom. The molecule has 2 aliphatic carbocycles. The second kappa shape index (κ2) is 33.6. The van der Waals surface area contributed by atoms with E-state index in [1.807, 2.05) is 158 Å². The SMILES string of the molecule is C[C@H](NC(=O)OCC1c2ccccc2-c2ccccc21)C(=O)N[C@H](C(=O)N1CCC[C@H]1Cn1nnnc1NCc1ccccc1)[C@@H](C)OCC#CC#CCO[C@H](C)[C@H](NC(=O)[C@H](C)NC(=O)OCC1c2ccccc2-c2ccccc21)C(=O)N1CCC[C@H]1Cn1nnnc1NCc1ccccc1. The van der Waals surface area contributed by atoms with Crippen molar-refractivity contribution in [2.75, 3.05) is 50.2 Å². The summed E-state index contributed by atoms with van der Waals surface area (Å²) < 4.78 is 27.1. The number of alkyl carbamates (subject to hydrolysis) is 2. The van der Waals surface area contributed by atoms with E-state index in [-0.39, 0.29) is 63.4 Å². The molecular formula is C76H82N16O10. The van der Waals surface area contributed by atoms with Crippen LogP contribution in [0, 0.1) is 23.7 Å². The minimum atomic E-state index is -1.24. The number of tetrazole rings is 2. The van der Waals surface area contributed by atoms with E-state index in [1.165, 1.54) is 13.8 Å². The number of aromatic nitrogens is 8. The first-order valence-corrected chi connectivity index (χ1v) is 34.5. The van der Waals surface area contributed by atoms with Gasteiger partial charge in [0.15, 0.2) is 0 Å². The minimum Gasteiger partial charge on any atom is -0.449 e. The lowest BCUT2D eigenvalue weighted by Crippen LogP contribution is -2.58. The zero-order chi connectivity index (χ0) is 70.9. The van der Waals surface area contributed by atoms with Gasteiger partial charge in [-0.15, -0.1) is 0 Å². The van der Waals surface area contributed by atoms with Gasteiger partial charge in [-0.25, -0.2) is 19.0 Å². The molecule has 26 heteroatoms. The standard InChI is InChI=1S/C76H82N16O10/c1-49(79-75(97)101-47-65-61-35-17-13-31-57(61)58-32-14-18-36-62(58)65)69(93)81-67(71(95)89-39-23-29-55(89)45-91-73(83-85-87-91)77-43-53-25-9-7-10-26-53)51(3)99-41-21-5-6-22-42-100-52(4)68(72(96)90-40-24-30-56(90)46-92-74(84-86-88-92)78-44-54-27-11-8-12-28-54)82-70(94)50(2)80-76(98)102-48-66-63-37-19-15-33-59(63)60-34-16-20-38-64(60)66/h7-20,25-28,31-38,49-52,55-56,65-68H,23-24,29-30,39-48H2,1-4H3,(H,79,97)(H,80,98)(H,81,93)(H,82,94)(H,77,83,87)(H,78,84,88)/t49-,50-,51+,52+,55-,56-,67-,68-/m0/s1. The van der Waals surface area contributed by atoms with Crippen LogP contribution in [0.3, 0.4) is 0 Å². The Hall–Kier alpha value is -11.5. The highest BCUT2D eigenvalue weighted by Gasteiger charge is 2.41. The van der Waals surface area contributed by atoms with Crippen LogP contribution < -0.4 is 31.9 Å². The number of fused-ring (bicyclic) bond motifs is 6. The van der Waals surface area contributed by atoms with E-state index in [4.69, 9.17) is 18.9 Å². The number of carbonyl (C=O) groups is 6. The summed E-state index contributed by atoms with van der Waals surface area (Å²) in [5.41, 5.74) is 10.5. The summed E-state index contributed by atoms with van der Waals surface area (Å²) in [4.78, 5) is 88.3. The first kappa shape index (κ1) is 70.4. The average molecular weight is 1380 g/mol. The molecule has 0 spiro atoms. The number of likely N-dealkylation sites (tertiary alicyclic amines) is 2. The van der Waals surface area contributed by atoms with E-state index in [0.29, 0.717) is 63.8 Å². The van der Waals surface area contributed by atoms with Crippen LogP contribution in [0.15, 0.2) is 158 Å². The second-order valence-corrected chi connectivity index (χ2v) is 25.7. The Bertz CT molecular complexity index is 4030. The molecule has 0 saturated carbocycles. The zero-order valence-corrected chi connectivity index (χ0v) is 57.2. The van der Waals surface area contributed by atoms with E-state index in [2.05, 4.69) is 86.6 Å². The summed E-state index contributed by atoms with van der Waals surface area (Å²) in [6.45, 7) is 8.23. The smallest absolute Gasteiger partial charge is 0.407 e. The minimum absolute atomic E-state index is 0.0363. The molecule has 526 valence electrons. The lowest BCUT2D eigenvalue weighted by atomic mass is 9.98. The quantitative estimate of drug-likeness (QED) is 0.0264. The number of ether oxygens (including phenoxy) is 4. The predicted molar refractivity (Wildman–Crippen MR) is 378 cm³/mol. The molecule has 102 heavy (non-hydrogen) atoms. The number of nitrogens with one attached hydrogen (secondary N) is 6. The zero-order valence-electron chi connectivity index (χ0n) is 57.2. The predicted octanol–water partition coefficient (Wildman–Crippen LogP) is 7.21. The van der Waals surface area contributed by atoms with Gasteiger partial charge < -0.3 is 60.6 Å². The molecular weight excluding hydrogens is 1300 g/mol. The fraction of sp³-hybridized carbons (Fsp3) is 0.368. The fourth-order valence-corrected chi connectivity index (χ4v) is 13.6. The first-order valence-electron chi connectivity index (χ1n) is 34.5. The van der Waals surface area contributed by atoms with Crippen molar-refractivity contribution in [1.29, 1.82) is 0 Å². The van der Waals surface area contributed by atoms with Gasteiger partial charge in [0.1, 0.15) is 50.6 Å². The van der Waals surface area contributed by atoms with Gasteiger partial charge in [-0.1, -0.05) is 180 Å². The van der Waals surface area contributed by atoms with Crippen LogP contribution in [0.1, 0.15) is 98.6 Å². The van der Waals surface area contributed by atoms with Gasteiger partial charge in [0, 0.05) is 38.0 Å². The van der Waals surface area contributed by atoms with Crippen LogP contribution in [-0.2, 0) is 64.3 Å². The third kappa shape index (κ3) is 17.0. The lowest BCUT2D eigenvalue weighted by molar-refractivity contribution is -0.141. The molecule has 6 N–H and O–H groups in total. The molecule has 0 unspecified atom stereocenters. The Balaban J connectivity index is 0.685. The summed E-state index contributed by atoms with van der Waals surface area (Å²) in [7, 11) is 0. The van der Waals surface area contributed by atoms with Gasteiger partial charge in [0.2, 0.25) is 35.5 Å². The van der Waals surface area contributed by atoms with Crippen molar-refractivity contribution < 1.29 is 47.7 Å². The van der Waals surface area contributed by atoms with E-state index < -0.39 is 72.2 Å². The molecule has 8 atom stereocenters. The average Bonchev–Trinajstić information content (AvgIpc) is 1.62. The van der Waals surface area contributed by atoms with Crippen LogP contribution in [0.2, 0.25) is 0 Å². The molecule has 12 rings (SSSR count). The van der Waals surface area contributed by atoms with Gasteiger partial charge in [0.05, 0.1) is 37.4 Å². The molecule has 0 bridgehead atoms. The maximum Gasteiger partial charge on any atom is 0.407 e. The Morgan fingerprint density at radius 1 is 0.471 bits per heavy atom. The van der Waals surface area contributed by atoms with Crippen molar-refractivity contribution in [2.45, 2.75) is 140 Å². The molecule has 2 fully saturated rings. The molecule has 6 aromatic carbocycles. The maximum atomic E-state index is 14.9. The second-order valence-electron chi connectivity index (χ2n) is 25.7. The summed E-state index contributed by atoms with van der Waals surface area (Å²) in [5, 5.41) is 42.3. The number of anilines is 2. The topological polar surface area (TPSA) is 305 Å². The normalized spacial score (nSPS) is 16.7. The number of carbonyl (C=O) groups excluding carboxylic acids is 6. The van der Waals surface area contributed by atoms with Crippen molar-refractivity contribution in [3.05, 3.63) is 191 Å². The van der Waals surface area contributed by atoms with Crippen LogP contribution in [0.4, 0.5) is 21.5 Å². The molecule has 8 aromatic rings. The van der Waals surface area contributed by atoms with E-state index in [1.54, 1.807) is 33.0 Å². The van der Waals surface area contributed by atoms with Gasteiger partial charge in [-0.3, -0.25) is 19.2 Å². The van der Waals surface area contributed by atoms with Crippen molar-refractivity contribution in [2.24, 2.45) is 0 Å². The van der Waals surface area contributed by atoms with Crippen LogP contribution in [0.5, 0.6) is 0 Å². The summed E-state index contributed by atoms with van der Waals surface area (Å²) >= 11 is 0. The van der Waals surface area contributed by atoms with E-state index in [0.717, 1.165) is 55.6 Å². The van der Waals surface area contributed by atoms with Gasteiger partial charge >= 0.3 is 12.2 Å². The fourth-order valence-electron chi connectivity index (χ4n) is 13.6. The van der Waals surface area contributed by atoms with Crippen LogP contribution in [0.25, 0.3) is 22.3 Å². The van der Waals surface area contributed by atoms with Crippen molar-refractivity contribution in [3.63, 3.8) is 0 Å². The Kier molecular flexibility index (Phi) is 23.2. The van der Waals surface area contributed by atoms with E-state index in [9.17, 15) is 28.8 Å². The molecule has 2 aliphatic heterocycles. The first-order chi connectivity index (χ1) is 49.8. The lowest BCUT2D eigenvalue weighted by Gasteiger charge is -2.32. The summed E-state index contributed by atoms with van der Waals surface area (Å²) in [5.74, 6) is 9.58. The third-order valence-corrected chi connectivity index (χ3v) is 19.0. The summed E-state index contributed by atoms with van der Waals surface area (Å²) in [6, 6.07) is 46.1. The number of amides is 6. The van der Waals surface area contributed by atoms with Crippen LogP contribution in [-0.4, -0.2) is 174 Å². The molecule has 4 heterocycles. The Morgan fingerprint density at radius 3 is 1.20 bits per heavy atom. The van der Waals surface area contributed by atoms with Gasteiger partial charge in [0.25, 0.3) is 0 Å². The highest BCUT2D eigenvalue weighted by Crippen LogP contribution is 2.46. The molecule has 4 aliphatic rings. The Labute approximate surface area is 591 Å². The number of rotatable bonds is 28. The van der Waals surface area contributed by atoms with Gasteiger partial charge in [-0.05, 0) is 142 Å². The molecule has 2 aromatic heterocycles. The monoisotopic (exact) mass is 1380 g/mol. The van der Waals surface area contributed by atoms with Crippen molar-refractivity contribution in [1.82, 2.24) is 71.5 Å². The summed E-state index contributed by atoms with van der Waals surface area (Å²) in [6.07, 6.45) is -0.872. The maximum absolute atomic E-state index is 14.9. The third-order valence-electron chi connectivity index (χ3n) is 19.0.